The summed E-state index contributed by atoms with van der Waals surface area (Å²) in [6.07, 6.45) is 1.50. The second-order valence-corrected chi connectivity index (χ2v) is 8.01. The first-order valence-electron chi connectivity index (χ1n) is 8.67. The lowest BCUT2D eigenvalue weighted by Gasteiger charge is -2.09. The summed E-state index contributed by atoms with van der Waals surface area (Å²) in [4.78, 5) is 17.7. The Morgan fingerprint density at radius 2 is 2.00 bits per heavy atom. The number of aryl methyl sites for hydroxylation is 1. The van der Waals surface area contributed by atoms with Crippen molar-refractivity contribution in [1.29, 1.82) is 0 Å². The van der Waals surface area contributed by atoms with E-state index in [-0.39, 0.29) is 11.2 Å². The maximum absolute atomic E-state index is 12.3. The number of nitrogens with zero attached hydrogens (tertiary/aromatic N) is 2. The number of amides is 1. The lowest BCUT2D eigenvalue weighted by molar-refractivity contribution is -0.120. The quantitative estimate of drug-likeness (QED) is 0.272. The summed E-state index contributed by atoms with van der Waals surface area (Å²) in [5.74, 6) is 0.529. The molecule has 2 aromatic carbocycles. The zero-order valence-corrected chi connectivity index (χ0v) is 17.3. The van der Waals surface area contributed by atoms with Crippen molar-refractivity contribution in [2.24, 2.45) is 5.10 Å². The zero-order valence-electron chi connectivity index (χ0n) is 15.8. The van der Waals surface area contributed by atoms with E-state index in [0.29, 0.717) is 16.5 Å². The van der Waals surface area contributed by atoms with Gasteiger partial charge in [-0.3, -0.25) is 4.79 Å². The first kappa shape index (κ1) is 20.2. The molecule has 0 aliphatic carbocycles. The van der Waals surface area contributed by atoms with E-state index in [1.807, 2.05) is 62.4 Å². The summed E-state index contributed by atoms with van der Waals surface area (Å²) < 4.78 is 5.20. The van der Waals surface area contributed by atoms with E-state index in [2.05, 4.69) is 15.5 Å². The number of hydrogen-bond donors (Lipinski definition) is 1. The fraction of sp³-hybridized carbons (Fsp3) is 0.190. The van der Waals surface area contributed by atoms with Gasteiger partial charge in [-0.15, -0.1) is 11.8 Å². The molecule has 144 valence electrons. The van der Waals surface area contributed by atoms with E-state index in [9.17, 15) is 4.79 Å². The van der Waals surface area contributed by atoms with Gasteiger partial charge in [0.15, 0.2) is 0 Å². The molecule has 0 saturated heterocycles. The number of halogens is 1. The maximum Gasteiger partial charge on any atom is 0.253 e. The fourth-order valence-electron chi connectivity index (χ4n) is 2.49. The number of aromatic nitrogens is 1. The van der Waals surface area contributed by atoms with Crippen molar-refractivity contribution in [3.05, 3.63) is 64.8 Å². The van der Waals surface area contributed by atoms with Crippen molar-refractivity contribution >= 4 is 46.4 Å². The van der Waals surface area contributed by atoms with Gasteiger partial charge in [-0.25, -0.2) is 10.4 Å². The smallest absolute Gasteiger partial charge is 0.253 e. The van der Waals surface area contributed by atoms with Gasteiger partial charge in [-0.2, -0.15) is 5.10 Å². The van der Waals surface area contributed by atoms with Crippen molar-refractivity contribution in [2.75, 3.05) is 7.11 Å². The van der Waals surface area contributed by atoms with Crippen LogP contribution in [-0.2, 0) is 4.79 Å². The van der Waals surface area contributed by atoms with Crippen LogP contribution in [0.2, 0.25) is 5.15 Å². The van der Waals surface area contributed by atoms with Gasteiger partial charge in [-0.05, 0) is 44.2 Å². The lowest BCUT2D eigenvalue weighted by Crippen LogP contribution is -2.26. The van der Waals surface area contributed by atoms with E-state index < -0.39 is 0 Å². The summed E-state index contributed by atoms with van der Waals surface area (Å²) in [6, 6.07) is 15.5. The van der Waals surface area contributed by atoms with Crippen LogP contribution in [0.4, 0.5) is 0 Å². The number of rotatable bonds is 6. The van der Waals surface area contributed by atoms with Crippen LogP contribution < -0.4 is 10.2 Å². The number of hydrogen-bond acceptors (Lipinski definition) is 5. The predicted octanol–water partition coefficient (Wildman–Crippen LogP) is 4.84. The first-order chi connectivity index (χ1) is 13.5. The van der Waals surface area contributed by atoms with Crippen LogP contribution in [0.15, 0.2) is 58.5 Å². The molecule has 1 N–H and O–H groups in total. The molecule has 1 amide bonds. The molecule has 0 radical (unpaired) electrons. The SMILES string of the molecule is COc1ccc2cc(/C=N\NC(=O)[C@@H](C)Sc3ccc(C)cc3)c(Cl)nc2c1. The Morgan fingerprint density at radius 3 is 2.71 bits per heavy atom. The van der Waals surface area contributed by atoms with Gasteiger partial charge in [-0.1, -0.05) is 29.3 Å². The third-order valence-electron chi connectivity index (χ3n) is 4.09. The molecule has 0 spiro atoms. The van der Waals surface area contributed by atoms with Gasteiger partial charge in [0, 0.05) is 21.9 Å². The van der Waals surface area contributed by atoms with E-state index in [0.717, 1.165) is 15.8 Å². The Labute approximate surface area is 173 Å². The number of thioether (sulfide) groups is 1. The molecule has 5 nitrogen and oxygen atoms in total. The Morgan fingerprint density at radius 1 is 1.25 bits per heavy atom. The highest BCUT2D eigenvalue weighted by Gasteiger charge is 2.13. The van der Waals surface area contributed by atoms with Gasteiger partial charge >= 0.3 is 0 Å². The molecule has 1 atom stereocenters. The number of ether oxygens (including phenoxy) is 1. The monoisotopic (exact) mass is 413 g/mol. The Kier molecular flexibility index (Phi) is 6.54. The summed E-state index contributed by atoms with van der Waals surface area (Å²) in [6.45, 7) is 3.87. The summed E-state index contributed by atoms with van der Waals surface area (Å²) in [5.41, 5.74) is 5.10. The number of methoxy groups -OCH3 is 1. The van der Waals surface area contributed by atoms with E-state index in [1.54, 1.807) is 7.11 Å². The second kappa shape index (κ2) is 9.08. The highest BCUT2D eigenvalue weighted by molar-refractivity contribution is 8.00. The van der Waals surface area contributed by atoms with Gasteiger partial charge in [0.05, 0.1) is 24.1 Å². The number of benzene rings is 2. The molecular formula is C21H20ClN3O2S. The van der Waals surface area contributed by atoms with Gasteiger partial charge in [0.1, 0.15) is 10.9 Å². The predicted molar refractivity (Wildman–Crippen MR) is 116 cm³/mol. The minimum Gasteiger partial charge on any atom is -0.497 e. The highest BCUT2D eigenvalue weighted by atomic mass is 35.5. The zero-order chi connectivity index (χ0) is 20.1. The van der Waals surface area contributed by atoms with Crippen molar-refractivity contribution in [3.63, 3.8) is 0 Å². The van der Waals surface area contributed by atoms with Crippen LogP contribution in [0.3, 0.4) is 0 Å². The topological polar surface area (TPSA) is 63.6 Å². The number of pyridine rings is 1. The van der Waals surface area contributed by atoms with Crippen LogP contribution in [0.5, 0.6) is 5.75 Å². The average molecular weight is 414 g/mol. The number of fused-ring (bicyclic) bond motifs is 1. The molecule has 0 unspecified atom stereocenters. The number of carbonyl (C=O) groups excluding carboxylic acids is 1. The second-order valence-electron chi connectivity index (χ2n) is 6.23. The molecule has 3 rings (SSSR count). The Bertz CT molecular complexity index is 1020. The van der Waals surface area contributed by atoms with Crippen molar-refractivity contribution in [2.45, 2.75) is 24.0 Å². The molecule has 28 heavy (non-hydrogen) atoms. The van der Waals surface area contributed by atoms with Crippen LogP contribution >= 0.6 is 23.4 Å². The maximum atomic E-state index is 12.3. The number of carbonyl (C=O) groups is 1. The van der Waals surface area contributed by atoms with Gasteiger partial charge in [0.2, 0.25) is 0 Å². The number of nitrogens with one attached hydrogen (secondary N) is 1. The average Bonchev–Trinajstić information content (AvgIpc) is 2.69. The minimum absolute atomic E-state index is 0.184. The molecule has 7 heteroatoms. The molecule has 1 aromatic heterocycles. The standard InChI is InChI=1S/C21H20ClN3O2S/c1-13-4-8-18(9-5-13)28-14(2)21(26)25-23-12-16-10-15-6-7-17(27-3)11-19(15)24-20(16)22/h4-12,14H,1-3H3,(H,25,26)/b23-12-/t14-/m1/s1. The number of hydrazone groups is 1. The molecule has 0 aliphatic rings. The molecule has 0 fully saturated rings. The largest absolute Gasteiger partial charge is 0.497 e. The van der Waals surface area contributed by atoms with Crippen molar-refractivity contribution in [3.8, 4) is 5.75 Å². The van der Waals surface area contributed by atoms with Gasteiger partial charge < -0.3 is 4.74 Å². The van der Waals surface area contributed by atoms with E-state index in [1.165, 1.54) is 23.5 Å². The summed E-state index contributed by atoms with van der Waals surface area (Å²) in [5, 5.41) is 4.96. The van der Waals surface area contributed by atoms with Crippen LogP contribution in [0.1, 0.15) is 18.1 Å². The van der Waals surface area contributed by atoms with Crippen LogP contribution in [-0.4, -0.2) is 29.5 Å². The molecule has 1 heterocycles. The van der Waals surface area contributed by atoms with Crippen molar-refractivity contribution < 1.29 is 9.53 Å². The molecule has 0 saturated carbocycles. The Hall–Kier alpha value is -2.57. The third-order valence-corrected chi connectivity index (χ3v) is 5.50. The normalized spacial score (nSPS) is 12.3. The molecule has 0 aliphatic heterocycles. The van der Waals surface area contributed by atoms with Crippen LogP contribution in [0.25, 0.3) is 10.9 Å². The Balaban J connectivity index is 1.65. The van der Waals surface area contributed by atoms with Gasteiger partial charge in [0.25, 0.3) is 5.91 Å². The minimum atomic E-state index is -0.280. The molecule has 3 aromatic rings. The van der Waals surface area contributed by atoms with Crippen LogP contribution in [0, 0.1) is 6.92 Å². The first-order valence-corrected chi connectivity index (χ1v) is 9.92. The van der Waals surface area contributed by atoms with E-state index in [4.69, 9.17) is 16.3 Å². The summed E-state index contributed by atoms with van der Waals surface area (Å²) in [7, 11) is 1.60. The highest BCUT2D eigenvalue weighted by Crippen LogP contribution is 2.24. The summed E-state index contributed by atoms with van der Waals surface area (Å²) >= 11 is 7.72. The van der Waals surface area contributed by atoms with Crippen molar-refractivity contribution in [1.82, 2.24) is 10.4 Å². The lowest BCUT2D eigenvalue weighted by atomic mass is 10.1. The van der Waals surface area contributed by atoms with E-state index >= 15 is 0 Å². The fourth-order valence-corrected chi connectivity index (χ4v) is 3.54. The third kappa shape index (κ3) is 5.03. The molecule has 0 bridgehead atoms. The molecular weight excluding hydrogens is 394 g/mol.